The Labute approximate surface area is 158 Å². The Morgan fingerprint density at radius 1 is 0.923 bits per heavy atom. The van der Waals surface area contributed by atoms with E-state index in [0.717, 1.165) is 11.6 Å². The van der Waals surface area contributed by atoms with E-state index < -0.39 is 9.04 Å². The largest absolute Gasteiger partial charge is 0.534 e. The lowest BCUT2D eigenvalue weighted by Crippen LogP contribution is -2.13. The molecule has 3 heteroatoms. The van der Waals surface area contributed by atoms with E-state index >= 15 is 0 Å². The molecule has 0 spiro atoms. The maximum Gasteiger partial charge on any atom is 0.231 e. The maximum absolute atomic E-state index is 6.01. The maximum atomic E-state index is 6.01. The van der Waals surface area contributed by atoms with Crippen molar-refractivity contribution < 1.29 is 4.43 Å². The second kappa shape index (κ2) is 7.46. The van der Waals surface area contributed by atoms with Crippen molar-refractivity contribution in [2.75, 3.05) is 0 Å². The van der Waals surface area contributed by atoms with Gasteiger partial charge in [-0.15, -0.1) is 0 Å². The van der Waals surface area contributed by atoms with Crippen LogP contribution in [0.2, 0.25) is 13.1 Å². The number of hydrogen-bond donors (Lipinski definition) is 0. The predicted octanol–water partition coefficient (Wildman–Crippen LogP) is 6.06. The molecule has 0 unspecified atom stereocenters. The number of aromatic nitrogens is 1. The van der Waals surface area contributed by atoms with Gasteiger partial charge < -0.3 is 4.43 Å². The Morgan fingerprint density at radius 2 is 1.65 bits per heavy atom. The normalized spacial score (nSPS) is 12.2. The summed E-state index contributed by atoms with van der Waals surface area (Å²) in [6.07, 6.45) is 4.21. The number of hydrogen-bond acceptors (Lipinski definition) is 2. The topological polar surface area (TPSA) is 22.1 Å². The summed E-state index contributed by atoms with van der Waals surface area (Å²) in [4.78, 5) is 4.80. The van der Waals surface area contributed by atoms with E-state index in [2.05, 4.69) is 82.4 Å². The van der Waals surface area contributed by atoms with Gasteiger partial charge in [-0.1, -0.05) is 69.3 Å². The first kappa shape index (κ1) is 18.4. The van der Waals surface area contributed by atoms with Crippen LogP contribution in [0.3, 0.4) is 0 Å². The van der Waals surface area contributed by atoms with E-state index in [0.29, 0.717) is 0 Å². The van der Waals surface area contributed by atoms with Crippen LogP contribution < -0.4 is 4.43 Å². The van der Waals surface area contributed by atoms with Crippen LogP contribution in [0.1, 0.15) is 37.6 Å². The fourth-order valence-electron chi connectivity index (χ4n) is 2.88. The van der Waals surface area contributed by atoms with Crippen molar-refractivity contribution in [3.63, 3.8) is 0 Å². The summed E-state index contributed by atoms with van der Waals surface area (Å²) in [5, 5.41) is 2.34. The van der Waals surface area contributed by atoms with Crippen molar-refractivity contribution in [3.8, 4) is 5.88 Å². The number of benzene rings is 2. The molecule has 2 aromatic carbocycles. The molecule has 3 aromatic rings. The minimum atomic E-state index is -1.20. The Balaban J connectivity index is 2.13. The lowest BCUT2D eigenvalue weighted by atomic mass is 9.86. The van der Waals surface area contributed by atoms with E-state index in [1.165, 1.54) is 21.9 Å². The van der Waals surface area contributed by atoms with Crippen molar-refractivity contribution in [2.24, 2.45) is 0 Å². The first-order valence-electron chi connectivity index (χ1n) is 9.18. The highest BCUT2D eigenvalue weighted by Gasteiger charge is 2.15. The average Bonchev–Trinajstić information content (AvgIpc) is 2.59. The minimum absolute atomic E-state index is 0.106. The van der Waals surface area contributed by atoms with Gasteiger partial charge >= 0.3 is 0 Å². The number of rotatable bonds is 4. The molecule has 0 bridgehead atoms. The molecule has 0 atom stereocenters. The molecule has 0 saturated carbocycles. The molecule has 0 amide bonds. The van der Waals surface area contributed by atoms with E-state index in [4.69, 9.17) is 9.41 Å². The van der Waals surface area contributed by atoms with Crippen LogP contribution in [0.15, 0.2) is 54.6 Å². The summed E-state index contributed by atoms with van der Waals surface area (Å²) in [6, 6.07) is 19.1. The summed E-state index contributed by atoms with van der Waals surface area (Å²) >= 11 is 0. The van der Waals surface area contributed by atoms with Gasteiger partial charge in [0, 0.05) is 11.5 Å². The Bertz CT molecular complexity index is 924. The lowest BCUT2D eigenvalue weighted by molar-refractivity contribution is 0.556. The van der Waals surface area contributed by atoms with Gasteiger partial charge in [0.05, 0.1) is 5.69 Å². The third kappa shape index (κ3) is 4.41. The van der Waals surface area contributed by atoms with Crippen LogP contribution in [-0.2, 0) is 5.41 Å². The zero-order valence-corrected chi connectivity index (χ0v) is 17.4. The SMILES string of the molecule is C[SiH](C)Oc1cc2ccc(C(C)(C)C)cc2c(C=Cc2ccccc2)n1. The van der Waals surface area contributed by atoms with Gasteiger partial charge in [-0.25, -0.2) is 4.98 Å². The van der Waals surface area contributed by atoms with Crippen LogP contribution in [0.25, 0.3) is 22.9 Å². The standard InChI is InChI=1S/C23H27NOSi/c1-23(2,3)19-13-12-18-15-22(25-26(4)5)24-21(20(18)16-19)14-11-17-9-7-6-8-10-17/h6-16,26H,1-5H3. The molecule has 0 aliphatic heterocycles. The molecular formula is C23H27NOSi. The summed E-state index contributed by atoms with van der Waals surface area (Å²) < 4.78 is 6.01. The van der Waals surface area contributed by atoms with Gasteiger partial charge in [-0.3, -0.25) is 0 Å². The highest BCUT2D eigenvalue weighted by atomic mass is 28.3. The molecule has 26 heavy (non-hydrogen) atoms. The number of pyridine rings is 1. The van der Waals surface area contributed by atoms with Gasteiger partial charge in [0.25, 0.3) is 0 Å². The quantitative estimate of drug-likeness (QED) is 0.527. The summed E-state index contributed by atoms with van der Waals surface area (Å²) in [6.45, 7) is 11.0. The molecule has 0 N–H and O–H groups in total. The van der Waals surface area contributed by atoms with Gasteiger partial charge in [0.1, 0.15) is 0 Å². The molecule has 0 fully saturated rings. The van der Waals surface area contributed by atoms with Gasteiger partial charge in [0.15, 0.2) is 0 Å². The number of fused-ring (bicyclic) bond motifs is 1. The van der Waals surface area contributed by atoms with Crippen LogP contribution >= 0.6 is 0 Å². The molecule has 1 aromatic heterocycles. The van der Waals surface area contributed by atoms with Gasteiger partial charge in [-0.05, 0) is 47.2 Å². The molecular weight excluding hydrogens is 334 g/mol. The summed E-state index contributed by atoms with van der Waals surface area (Å²) in [7, 11) is -1.20. The smallest absolute Gasteiger partial charge is 0.231 e. The highest BCUT2D eigenvalue weighted by Crippen LogP contribution is 2.30. The first-order chi connectivity index (χ1) is 12.3. The summed E-state index contributed by atoms with van der Waals surface area (Å²) in [5.41, 5.74) is 3.54. The van der Waals surface area contributed by atoms with Crippen LogP contribution in [0.5, 0.6) is 5.88 Å². The van der Waals surface area contributed by atoms with Gasteiger partial charge in [0.2, 0.25) is 14.9 Å². The zero-order chi connectivity index (χ0) is 18.7. The first-order valence-corrected chi connectivity index (χ1v) is 12.0. The Hall–Kier alpha value is -2.39. The monoisotopic (exact) mass is 361 g/mol. The molecule has 134 valence electrons. The van der Waals surface area contributed by atoms with Crippen molar-refractivity contribution in [2.45, 2.75) is 39.3 Å². The molecule has 2 nitrogen and oxygen atoms in total. The van der Waals surface area contributed by atoms with Crippen LogP contribution in [-0.4, -0.2) is 14.0 Å². The molecule has 3 rings (SSSR count). The third-order valence-corrected chi connectivity index (χ3v) is 5.01. The molecule has 0 aliphatic carbocycles. The third-order valence-electron chi connectivity index (χ3n) is 4.29. The molecule has 0 saturated heterocycles. The fourth-order valence-corrected chi connectivity index (χ4v) is 3.49. The van der Waals surface area contributed by atoms with Gasteiger partial charge in [-0.2, -0.15) is 0 Å². The Kier molecular flexibility index (Phi) is 5.28. The van der Waals surface area contributed by atoms with Crippen molar-refractivity contribution in [1.82, 2.24) is 4.98 Å². The lowest BCUT2D eigenvalue weighted by Gasteiger charge is -2.20. The Morgan fingerprint density at radius 3 is 2.31 bits per heavy atom. The minimum Gasteiger partial charge on any atom is -0.534 e. The van der Waals surface area contributed by atoms with E-state index in [1.54, 1.807) is 0 Å². The molecule has 1 heterocycles. The predicted molar refractivity (Wildman–Crippen MR) is 115 cm³/mol. The van der Waals surface area contributed by atoms with Crippen LogP contribution in [0, 0.1) is 0 Å². The average molecular weight is 362 g/mol. The van der Waals surface area contributed by atoms with E-state index in [9.17, 15) is 0 Å². The molecule has 0 radical (unpaired) electrons. The fraction of sp³-hybridized carbons (Fsp3) is 0.261. The zero-order valence-electron chi connectivity index (χ0n) is 16.3. The van der Waals surface area contributed by atoms with Crippen molar-refractivity contribution in [3.05, 3.63) is 71.4 Å². The van der Waals surface area contributed by atoms with E-state index in [1.807, 2.05) is 18.2 Å². The highest BCUT2D eigenvalue weighted by molar-refractivity contribution is 6.49. The molecule has 0 aliphatic rings. The van der Waals surface area contributed by atoms with Crippen molar-refractivity contribution >= 4 is 32.0 Å². The summed E-state index contributed by atoms with van der Waals surface area (Å²) in [5.74, 6) is 0.732. The van der Waals surface area contributed by atoms with E-state index in [-0.39, 0.29) is 5.41 Å². The second-order valence-corrected chi connectivity index (χ2v) is 10.3. The van der Waals surface area contributed by atoms with Crippen molar-refractivity contribution in [1.29, 1.82) is 0 Å². The second-order valence-electron chi connectivity index (χ2n) is 7.94. The number of nitrogens with zero attached hydrogens (tertiary/aromatic N) is 1. The van der Waals surface area contributed by atoms with Crippen LogP contribution in [0.4, 0.5) is 0 Å².